The van der Waals surface area contributed by atoms with Crippen molar-refractivity contribution in [2.45, 2.75) is 19.8 Å². The second-order valence-corrected chi connectivity index (χ2v) is 4.70. The van der Waals surface area contributed by atoms with Crippen LogP contribution in [0.25, 0.3) is 0 Å². The predicted octanol–water partition coefficient (Wildman–Crippen LogP) is 3.65. The molecule has 0 saturated carbocycles. The molecular formula is C14H16ClN3. The third-order valence-electron chi connectivity index (χ3n) is 2.89. The van der Waals surface area contributed by atoms with E-state index in [1.54, 1.807) is 6.20 Å². The van der Waals surface area contributed by atoms with Gasteiger partial charge in [-0.25, -0.2) is 9.97 Å². The van der Waals surface area contributed by atoms with Gasteiger partial charge in [-0.05, 0) is 30.0 Å². The van der Waals surface area contributed by atoms with E-state index in [9.17, 15) is 0 Å². The summed E-state index contributed by atoms with van der Waals surface area (Å²) in [6, 6.07) is 10.4. The van der Waals surface area contributed by atoms with Gasteiger partial charge in [0.15, 0.2) is 0 Å². The van der Waals surface area contributed by atoms with E-state index in [0.29, 0.717) is 5.92 Å². The predicted molar refractivity (Wildman–Crippen MR) is 75.1 cm³/mol. The second-order valence-electron chi connectivity index (χ2n) is 4.36. The minimum absolute atomic E-state index is 0.274. The molecule has 18 heavy (non-hydrogen) atoms. The van der Waals surface area contributed by atoms with Crippen LogP contribution in [-0.2, 0) is 0 Å². The van der Waals surface area contributed by atoms with Crippen LogP contribution in [0, 0.1) is 6.92 Å². The molecule has 0 aliphatic carbocycles. The van der Waals surface area contributed by atoms with Crippen LogP contribution in [0.3, 0.4) is 0 Å². The molecule has 0 aliphatic rings. The summed E-state index contributed by atoms with van der Waals surface area (Å²) in [7, 11) is 0. The van der Waals surface area contributed by atoms with Gasteiger partial charge in [0.2, 0.25) is 5.28 Å². The molecule has 0 spiro atoms. The molecule has 1 heterocycles. The van der Waals surface area contributed by atoms with Gasteiger partial charge in [0.05, 0.1) is 0 Å². The van der Waals surface area contributed by atoms with Gasteiger partial charge in [0.1, 0.15) is 5.82 Å². The fourth-order valence-electron chi connectivity index (χ4n) is 1.75. The Balaban J connectivity index is 2.01. The molecule has 0 aliphatic heterocycles. The molecule has 1 N–H and O–H groups in total. The van der Waals surface area contributed by atoms with E-state index in [2.05, 4.69) is 46.5 Å². The zero-order valence-electron chi connectivity index (χ0n) is 10.5. The lowest BCUT2D eigenvalue weighted by molar-refractivity contribution is 0.799. The molecule has 2 rings (SSSR count). The van der Waals surface area contributed by atoms with Crippen molar-refractivity contribution in [3.05, 3.63) is 52.9 Å². The lowest BCUT2D eigenvalue weighted by atomic mass is 10.0. The summed E-state index contributed by atoms with van der Waals surface area (Å²) in [4.78, 5) is 8.12. The van der Waals surface area contributed by atoms with E-state index in [0.717, 1.165) is 17.9 Å². The van der Waals surface area contributed by atoms with Crippen LogP contribution < -0.4 is 5.32 Å². The average molecular weight is 262 g/mol. The average Bonchev–Trinajstić information content (AvgIpc) is 2.40. The van der Waals surface area contributed by atoms with E-state index in [4.69, 9.17) is 11.6 Å². The lowest BCUT2D eigenvalue weighted by Gasteiger charge is -2.14. The molecule has 2 aromatic rings. The molecule has 3 nitrogen and oxygen atoms in total. The Kier molecular flexibility index (Phi) is 4.15. The Bertz CT molecular complexity index is 514. The SMILES string of the molecule is Cc1cnc(Cl)nc1NCC(C)c1ccccc1. The molecule has 0 amide bonds. The van der Waals surface area contributed by atoms with E-state index in [1.807, 2.05) is 13.0 Å². The maximum atomic E-state index is 5.79. The zero-order chi connectivity index (χ0) is 13.0. The molecule has 1 aromatic heterocycles. The summed E-state index contributed by atoms with van der Waals surface area (Å²) in [5, 5.41) is 3.59. The molecule has 0 fully saturated rings. The Morgan fingerprint density at radius 3 is 2.72 bits per heavy atom. The summed E-state index contributed by atoms with van der Waals surface area (Å²) >= 11 is 5.79. The Hall–Kier alpha value is -1.61. The maximum Gasteiger partial charge on any atom is 0.224 e. The van der Waals surface area contributed by atoms with Gasteiger partial charge >= 0.3 is 0 Å². The first-order valence-corrected chi connectivity index (χ1v) is 6.32. The highest BCUT2D eigenvalue weighted by Crippen LogP contribution is 2.17. The highest BCUT2D eigenvalue weighted by molar-refractivity contribution is 6.28. The van der Waals surface area contributed by atoms with Crippen LogP contribution in [0.15, 0.2) is 36.5 Å². The summed E-state index contributed by atoms with van der Waals surface area (Å²) in [5.74, 6) is 1.22. The van der Waals surface area contributed by atoms with Crippen molar-refractivity contribution in [3.8, 4) is 0 Å². The number of hydrogen-bond donors (Lipinski definition) is 1. The molecule has 94 valence electrons. The fraction of sp³-hybridized carbons (Fsp3) is 0.286. The van der Waals surface area contributed by atoms with Crippen LogP contribution in [0.5, 0.6) is 0 Å². The monoisotopic (exact) mass is 261 g/mol. The highest BCUT2D eigenvalue weighted by atomic mass is 35.5. The van der Waals surface area contributed by atoms with Crippen LogP contribution in [0.2, 0.25) is 5.28 Å². The largest absolute Gasteiger partial charge is 0.369 e. The van der Waals surface area contributed by atoms with Crippen molar-refractivity contribution >= 4 is 17.4 Å². The van der Waals surface area contributed by atoms with Crippen molar-refractivity contribution in [1.82, 2.24) is 9.97 Å². The van der Waals surface area contributed by atoms with Gasteiger partial charge in [-0.1, -0.05) is 37.3 Å². The van der Waals surface area contributed by atoms with Gasteiger partial charge in [-0.2, -0.15) is 0 Å². The van der Waals surface area contributed by atoms with Gasteiger partial charge in [-0.15, -0.1) is 0 Å². The van der Waals surface area contributed by atoms with E-state index >= 15 is 0 Å². The number of nitrogens with zero attached hydrogens (tertiary/aromatic N) is 2. The van der Waals surface area contributed by atoms with Crippen molar-refractivity contribution in [3.63, 3.8) is 0 Å². The molecule has 1 unspecified atom stereocenters. The molecular weight excluding hydrogens is 246 g/mol. The number of anilines is 1. The number of hydrogen-bond acceptors (Lipinski definition) is 3. The summed E-state index contributed by atoms with van der Waals surface area (Å²) in [5.41, 5.74) is 2.31. The maximum absolute atomic E-state index is 5.79. The van der Waals surface area contributed by atoms with Crippen molar-refractivity contribution in [2.75, 3.05) is 11.9 Å². The fourth-order valence-corrected chi connectivity index (χ4v) is 1.88. The van der Waals surface area contributed by atoms with Gasteiger partial charge < -0.3 is 5.32 Å². The molecule has 0 radical (unpaired) electrons. The normalized spacial score (nSPS) is 12.2. The van der Waals surface area contributed by atoms with Crippen molar-refractivity contribution in [2.24, 2.45) is 0 Å². The van der Waals surface area contributed by atoms with Crippen molar-refractivity contribution in [1.29, 1.82) is 0 Å². The van der Waals surface area contributed by atoms with Gasteiger partial charge in [0, 0.05) is 18.3 Å². The molecule has 1 aromatic carbocycles. The number of aromatic nitrogens is 2. The number of halogens is 1. The lowest BCUT2D eigenvalue weighted by Crippen LogP contribution is -2.12. The van der Waals surface area contributed by atoms with E-state index in [-0.39, 0.29) is 5.28 Å². The van der Waals surface area contributed by atoms with Crippen molar-refractivity contribution < 1.29 is 0 Å². The second kappa shape index (κ2) is 5.83. The topological polar surface area (TPSA) is 37.8 Å². The third kappa shape index (κ3) is 3.20. The third-order valence-corrected chi connectivity index (χ3v) is 3.07. The highest BCUT2D eigenvalue weighted by Gasteiger charge is 2.07. The molecule has 1 atom stereocenters. The number of benzene rings is 1. The molecule has 0 bridgehead atoms. The quantitative estimate of drug-likeness (QED) is 0.854. The zero-order valence-corrected chi connectivity index (χ0v) is 11.3. The Morgan fingerprint density at radius 2 is 2.00 bits per heavy atom. The first-order valence-electron chi connectivity index (χ1n) is 5.95. The van der Waals surface area contributed by atoms with Gasteiger partial charge in [0.25, 0.3) is 0 Å². The smallest absolute Gasteiger partial charge is 0.224 e. The number of rotatable bonds is 4. The van der Waals surface area contributed by atoms with Crippen LogP contribution in [0.4, 0.5) is 5.82 Å². The minimum atomic E-state index is 0.274. The first-order chi connectivity index (χ1) is 8.66. The number of aryl methyl sites for hydroxylation is 1. The standard InChI is InChI=1S/C14H16ClN3/c1-10(12-6-4-3-5-7-12)8-16-13-11(2)9-17-14(15)18-13/h3-7,9-10H,8H2,1-2H3,(H,16,17,18). The summed E-state index contributed by atoms with van der Waals surface area (Å²) < 4.78 is 0. The summed E-state index contributed by atoms with van der Waals surface area (Å²) in [6.45, 7) is 4.96. The van der Waals surface area contributed by atoms with Crippen LogP contribution in [0.1, 0.15) is 24.0 Å². The Morgan fingerprint density at radius 1 is 1.28 bits per heavy atom. The van der Waals surface area contributed by atoms with Crippen LogP contribution in [-0.4, -0.2) is 16.5 Å². The summed E-state index contributed by atoms with van der Waals surface area (Å²) in [6.07, 6.45) is 1.73. The van der Waals surface area contributed by atoms with E-state index < -0.39 is 0 Å². The molecule has 0 saturated heterocycles. The molecule has 4 heteroatoms. The van der Waals surface area contributed by atoms with Crippen LogP contribution >= 0.6 is 11.6 Å². The van der Waals surface area contributed by atoms with E-state index in [1.165, 1.54) is 5.56 Å². The first kappa shape index (κ1) is 12.8. The van der Waals surface area contributed by atoms with Gasteiger partial charge in [-0.3, -0.25) is 0 Å². The Labute approximate surface area is 112 Å². The number of nitrogens with one attached hydrogen (secondary N) is 1. The minimum Gasteiger partial charge on any atom is -0.369 e.